The normalized spacial score (nSPS) is 15.2. The topological polar surface area (TPSA) is 100 Å². The van der Waals surface area contributed by atoms with Crippen LogP contribution in [0.1, 0.15) is 34.6 Å². The van der Waals surface area contributed by atoms with Crippen molar-refractivity contribution < 1.29 is 27.9 Å². The Morgan fingerprint density at radius 1 is 1.13 bits per heavy atom. The lowest BCUT2D eigenvalue weighted by atomic mass is 9.96. The summed E-state index contributed by atoms with van der Waals surface area (Å²) in [5.74, 6) is -1.63. The first kappa shape index (κ1) is 25.4. The van der Waals surface area contributed by atoms with Crippen molar-refractivity contribution >= 4 is 41.0 Å². The monoisotopic (exact) mass is 552 g/mol. The molecule has 4 aromatic rings. The Hall–Kier alpha value is -4.28. The zero-order chi connectivity index (χ0) is 27.0. The largest absolute Gasteiger partial charge is 0.466 e. The lowest BCUT2D eigenvalue weighted by Crippen LogP contribution is -2.39. The van der Waals surface area contributed by atoms with Crippen molar-refractivity contribution in [2.45, 2.75) is 13.0 Å². The molecule has 0 amide bonds. The number of benzene rings is 2. The number of allylic oxidation sites excluding steroid dienone is 1. The number of fused-ring (bicyclic) bond motifs is 1. The van der Waals surface area contributed by atoms with E-state index in [4.69, 9.17) is 25.5 Å². The van der Waals surface area contributed by atoms with Crippen molar-refractivity contribution in [2.24, 2.45) is 4.99 Å². The Labute approximate surface area is 223 Å². The molecule has 0 bridgehead atoms. The molecule has 0 radical (unpaired) electrons. The van der Waals surface area contributed by atoms with Gasteiger partial charge < -0.3 is 13.9 Å². The van der Waals surface area contributed by atoms with Crippen LogP contribution in [0.2, 0.25) is 5.02 Å². The smallest absolute Gasteiger partial charge is 0.379 e. The lowest BCUT2D eigenvalue weighted by molar-refractivity contribution is -0.136. The minimum absolute atomic E-state index is 0.0442. The van der Waals surface area contributed by atoms with E-state index >= 15 is 0 Å². The number of rotatable bonds is 5. The number of esters is 2. The number of ether oxygens (including phenoxy) is 2. The van der Waals surface area contributed by atoms with Gasteiger partial charge in [-0.2, -0.15) is 0 Å². The average molecular weight is 553 g/mol. The van der Waals surface area contributed by atoms with Gasteiger partial charge in [-0.3, -0.25) is 9.36 Å². The molecule has 1 aliphatic rings. The Bertz CT molecular complexity index is 1750. The van der Waals surface area contributed by atoms with E-state index in [0.717, 1.165) is 11.3 Å². The van der Waals surface area contributed by atoms with Crippen molar-refractivity contribution in [2.75, 3.05) is 7.11 Å². The molecular formula is C27H18ClFN2O6S. The third kappa shape index (κ3) is 4.59. The molecule has 0 saturated carbocycles. The highest BCUT2D eigenvalue weighted by molar-refractivity contribution is 7.07. The molecule has 0 fully saturated rings. The fourth-order valence-corrected chi connectivity index (χ4v) is 5.30. The third-order valence-corrected chi connectivity index (χ3v) is 7.14. The van der Waals surface area contributed by atoms with Gasteiger partial charge in [0, 0.05) is 5.56 Å². The van der Waals surface area contributed by atoms with E-state index in [2.05, 4.69) is 4.99 Å². The SMILES string of the molecule is COC(=O)C1=C(C)N=c2s/c(=C\c3c(F)cccc3Cl)c(=O)n2C1c1ccc(OC(=O)c2ccco2)cc1. The number of methoxy groups -OCH3 is 1. The van der Waals surface area contributed by atoms with E-state index in [1.54, 1.807) is 25.1 Å². The van der Waals surface area contributed by atoms with Gasteiger partial charge in [0.15, 0.2) is 4.80 Å². The molecule has 38 heavy (non-hydrogen) atoms. The first-order valence-corrected chi connectivity index (χ1v) is 12.4. The Balaban J connectivity index is 1.61. The summed E-state index contributed by atoms with van der Waals surface area (Å²) in [6.07, 6.45) is 2.73. The fraction of sp³-hybridized carbons (Fsp3) is 0.111. The average Bonchev–Trinajstić information content (AvgIpc) is 3.54. The van der Waals surface area contributed by atoms with Gasteiger partial charge in [-0.05, 0) is 55.0 Å². The fourth-order valence-electron chi connectivity index (χ4n) is 4.06. The quantitative estimate of drug-likeness (QED) is 0.274. The highest BCUT2D eigenvalue weighted by atomic mass is 35.5. The van der Waals surface area contributed by atoms with E-state index < -0.39 is 29.4 Å². The molecule has 0 spiro atoms. The standard InChI is InChI=1S/C27H18ClFN2O6S/c1-14-22(26(34)35-2)23(15-8-10-16(11-9-15)37-25(33)20-7-4-12-36-20)31-24(32)21(38-27(31)30-14)13-17-18(28)5-3-6-19(17)29/h3-13,23H,1-2H3/b21-13-. The molecule has 2 aromatic carbocycles. The van der Waals surface area contributed by atoms with E-state index in [0.29, 0.717) is 16.1 Å². The number of aromatic nitrogens is 1. The number of carbonyl (C=O) groups is 2. The molecular weight excluding hydrogens is 535 g/mol. The van der Waals surface area contributed by atoms with E-state index in [1.807, 2.05) is 0 Å². The Kier molecular flexibility index (Phi) is 6.83. The molecule has 8 nitrogen and oxygen atoms in total. The maximum Gasteiger partial charge on any atom is 0.379 e. The number of hydrogen-bond donors (Lipinski definition) is 0. The highest BCUT2D eigenvalue weighted by Crippen LogP contribution is 2.31. The van der Waals surface area contributed by atoms with Crippen LogP contribution in [0.5, 0.6) is 5.75 Å². The van der Waals surface area contributed by atoms with Crippen molar-refractivity contribution in [1.82, 2.24) is 4.57 Å². The predicted octanol–water partition coefficient (Wildman–Crippen LogP) is 4.01. The van der Waals surface area contributed by atoms with Crippen molar-refractivity contribution in [3.63, 3.8) is 0 Å². The van der Waals surface area contributed by atoms with Gasteiger partial charge in [-0.25, -0.2) is 19.0 Å². The van der Waals surface area contributed by atoms with E-state index in [-0.39, 0.29) is 32.2 Å². The molecule has 3 heterocycles. The second kappa shape index (κ2) is 10.2. The molecule has 0 saturated heterocycles. The summed E-state index contributed by atoms with van der Waals surface area (Å²) in [5.41, 5.74) is 0.652. The number of furan rings is 1. The van der Waals surface area contributed by atoms with Gasteiger partial charge in [-0.15, -0.1) is 0 Å². The zero-order valence-electron chi connectivity index (χ0n) is 19.9. The summed E-state index contributed by atoms with van der Waals surface area (Å²) in [6.45, 7) is 1.64. The van der Waals surface area contributed by atoms with Crippen molar-refractivity contribution in [1.29, 1.82) is 0 Å². The van der Waals surface area contributed by atoms with E-state index in [1.165, 1.54) is 60.4 Å². The summed E-state index contributed by atoms with van der Waals surface area (Å²) >= 11 is 7.21. The van der Waals surface area contributed by atoms with E-state index in [9.17, 15) is 18.8 Å². The zero-order valence-corrected chi connectivity index (χ0v) is 21.5. The van der Waals surface area contributed by atoms with Crippen LogP contribution in [0.4, 0.5) is 4.39 Å². The van der Waals surface area contributed by atoms with Gasteiger partial charge in [0.2, 0.25) is 5.76 Å². The minimum atomic E-state index is -0.897. The molecule has 1 unspecified atom stereocenters. The van der Waals surface area contributed by atoms with Crippen molar-refractivity contribution in [3.05, 3.63) is 120 Å². The molecule has 0 N–H and O–H groups in total. The van der Waals surface area contributed by atoms with Crippen LogP contribution >= 0.6 is 22.9 Å². The number of carbonyl (C=O) groups excluding carboxylic acids is 2. The van der Waals surface area contributed by atoms with Crippen LogP contribution in [-0.2, 0) is 9.53 Å². The summed E-state index contributed by atoms with van der Waals surface area (Å²) < 4.78 is 31.3. The maximum absolute atomic E-state index is 14.4. The Morgan fingerprint density at radius 2 is 1.89 bits per heavy atom. The van der Waals surface area contributed by atoms with Crippen LogP contribution in [0.3, 0.4) is 0 Å². The molecule has 2 aromatic heterocycles. The predicted molar refractivity (Wildman–Crippen MR) is 137 cm³/mol. The molecule has 11 heteroatoms. The second-order valence-corrected chi connectivity index (χ2v) is 9.56. The summed E-state index contributed by atoms with van der Waals surface area (Å²) in [6, 6.07) is 12.7. The summed E-state index contributed by atoms with van der Waals surface area (Å²) in [5, 5.41) is 0.151. The van der Waals surface area contributed by atoms with Gasteiger partial charge in [0.25, 0.3) is 5.56 Å². The number of thiazole rings is 1. The van der Waals surface area contributed by atoms with Gasteiger partial charge in [0.1, 0.15) is 11.6 Å². The van der Waals surface area contributed by atoms with Gasteiger partial charge >= 0.3 is 11.9 Å². The van der Waals surface area contributed by atoms with Crippen LogP contribution < -0.4 is 19.6 Å². The van der Waals surface area contributed by atoms with Crippen LogP contribution in [-0.4, -0.2) is 23.6 Å². The highest BCUT2D eigenvalue weighted by Gasteiger charge is 2.33. The number of halogens is 2. The van der Waals surface area contributed by atoms with Crippen LogP contribution in [0.15, 0.2) is 86.3 Å². The third-order valence-electron chi connectivity index (χ3n) is 5.83. The molecule has 1 aliphatic heterocycles. The van der Waals surface area contributed by atoms with Crippen LogP contribution in [0.25, 0.3) is 6.08 Å². The molecule has 0 aliphatic carbocycles. The molecule has 1 atom stereocenters. The molecule has 5 rings (SSSR count). The second-order valence-electron chi connectivity index (χ2n) is 8.14. The number of nitrogens with zero attached hydrogens (tertiary/aromatic N) is 2. The molecule has 192 valence electrons. The van der Waals surface area contributed by atoms with Crippen molar-refractivity contribution in [3.8, 4) is 5.75 Å². The summed E-state index contributed by atoms with van der Waals surface area (Å²) in [7, 11) is 1.24. The van der Waals surface area contributed by atoms with Gasteiger partial charge in [-0.1, -0.05) is 41.1 Å². The maximum atomic E-state index is 14.4. The van der Waals surface area contributed by atoms with Crippen LogP contribution in [0, 0.1) is 5.82 Å². The first-order chi connectivity index (χ1) is 18.3. The first-order valence-electron chi connectivity index (χ1n) is 11.2. The number of hydrogen-bond acceptors (Lipinski definition) is 8. The summed E-state index contributed by atoms with van der Waals surface area (Å²) in [4.78, 5) is 43.4. The minimum Gasteiger partial charge on any atom is -0.466 e. The lowest BCUT2D eigenvalue weighted by Gasteiger charge is -2.24. The van der Waals surface area contributed by atoms with Gasteiger partial charge in [0.05, 0.1) is 40.2 Å². The Morgan fingerprint density at radius 3 is 2.55 bits per heavy atom.